The Morgan fingerprint density at radius 1 is 1.05 bits per heavy atom. The second-order valence-corrected chi connectivity index (χ2v) is 6.25. The summed E-state index contributed by atoms with van der Waals surface area (Å²) in [6.07, 6.45) is 5.40. The topological polar surface area (TPSA) is 82.6 Å². The molecule has 0 aromatic heterocycles. The summed E-state index contributed by atoms with van der Waals surface area (Å²) in [6.45, 7) is 6.97. The molecule has 7 heteroatoms. The maximum Gasteiger partial charge on any atom is 0.208 e. The number of sulfonamides is 1. The molecular weight excluding hydrogens is 264 g/mol. The molecule has 114 valence electrons. The maximum atomic E-state index is 10.9. The van der Waals surface area contributed by atoms with Crippen LogP contribution in [0.5, 0.6) is 0 Å². The largest absolute Gasteiger partial charge is 0.357 e. The molecule has 0 radical (unpaired) electrons. The molecule has 0 aliphatic rings. The molecule has 0 saturated carbocycles. The summed E-state index contributed by atoms with van der Waals surface area (Å²) < 4.78 is 24.2. The second kappa shape index (κ2) is 11.0. The lowest BCUT2D eigenvalue weighted by Gasteiger charge is -2.10. The van der Waals surface area contributed by atoms with Gasteiger partial charge in [-0.25, -0.2) is 13.1 Å². The lowest BCUT2D eigenvalue weighted by molar-refractivity contribution is 0.585. The van der Waals surface area contributed by atoms with Crippen molar-refractivity contribution in [2.75, 3.05) is 32.4 Å². The molecule has 0 aliphatic carbocycles. The summed E-state index contributed by atoms with van der Waals surface area (Å²) in [5.74, 6) is 0.804. The van der Waals surface area contributed by atoms with Crippen LogP contribution in [-0.2, 0) is 10.0 Å². The van der Waals surface area contributed by atoms with Crippen LogP contribution in [0.1, 0.15) is 39.5 Å². The van der Waals surface area contributed by atoms with Gasteiger partial charge in [0.25, 0.3) is 0 Å². The molecule has 0 aromatic carbocycles. The van der Waals surface area contributed by atoms with Gasteiger partial charge in [-0.05, 0) is 19.8 Å². The molecule has 0 unspecified atom stereocenters. The van der Waals surface area contributed by atoms with Gasteiger partial charge in [0.2, 0.25) is 10.0 Å². The van der Waals surface area contributed by atoms with Gasteiger partial charge in [-0.15, -0.1) is 0 Å². The molecule has 19 heavy (non-hydrogen) atoms. The quantitative estimate of drug-likeness (QED) is 0.314. The Labute approximate surface area is 117 Å². The number of hydrogen-bond donors (Lipinski definition) is 3. The van der Waals surface area contributed by atoms with E-state index in [0.29, 0.717) is 19.5 Å². The standard InChI is InChI=1S/C12H28N4O2S/c1-4-6-7-9-14-12(13-5-2)15-10-8-11-16-19(3,17)18/h16H,4-11H2,1-3H3,(H2,13,14,15). The lowest BCUT2D eigenvalue weighted by Crippen LogP contribution is -2.38. The van der Waals surface area contributed by atoms with E-state index < -0.39 is 10.0 Å². The average molecular weight is 292 g/mol. The van der Waals surface area contributed by atoms with Crippen molar-refractivity contribution in [1.82, 2.24) is 15.4 Å². The zero-order chi connectivity index (χ0) is 14.6. The van der Waals surface area contributed by atoms with Gasteiger partial charge < -0.3 is 10.6 Å². The SMILES string of the molecule is CCCCCNC(=NCCCNS(C)(=O)=O)NCC. The van der Waals surface area contributed by atoms with Crippen molar-refractivity contribution in [1.29, 1.82) is 0 Å². The van der Waals surface area contributed by atoms with Crippen molar-refractivity contribution in [2.24, 2.45) is 4.99 Å². The zero-order valence-electron chi connectivity index (χ0n) is 12.3. The van der Waals surface area contributed by atoms with Gasteiger partial charge in [0.15, 0.2) is 5.96 Å². The summed E-state index contributed by atoms with van der Waals surface area (Å²) in [4.78, 5) is 4.39. The Hall–Kier alpha value is -0.820. The summed E-state index contributed by atoms with van der Waals surface area (Å²) in [7, 11) is -3.09. The minimum atomic E-state index is -3.09. The number of aliphatic imine (C=N–C) groups is 1. The second-order valence-electron chi connectivity index (χ2n) is 4.41. The average Bonchev–Trinajstić information content (AvgIpc) is 2.32. The van der Waals surface area contributed by atoms with Crippen LogP contribution in [-0.4, -0.2) is 46.8 Å². The van der Waals surface area contributed by atoms with Gasteiger partial charge in [-0.2, -0.15) is 0 Å². The van der Waals surface area contributed by atoms with Crippen molar-refractivity contribution in [3.05, 3.63) is 0 Å². The van der Waals surface area contributed by atoms with Crippen molar-refractivity contribution in [2.45, 2.75) is 39.5 Å². The van der Waals surface area contributed by atoms with Gasteiger partial charge in [0.1, 0.15) is 0 Å². The summed E-state index contributed by atoms with van der Waals surface area (Å²) in [5, 5.41) is 6.43. The Morgan fingerprint density at radius 3 is 2.37 bits per heavy atom. The minimum absolute atomic E-state index is 0.428. The third-order valence-electron chi connectivity index (χ3n) is 2.39. The smallest absolute Gasteiger partial charge is 0.208 e. The molecule has 0 aromatic rings. The normalized spacial score (nSPS) is 12.5. The molecule has 0 rings (SSSR count). The number of hydrogen-bond acceptors (Lipinski definition) is 3. The van der Waals surface area contributed by atoms with Crippen LogP contribution < -0.4 is 15.4 Å². The number of nitrogens with one attached hydrogen (secondary N) is 3. The van der Waals surface area contributed by atoms with E-state index in [1.54, 1.807) is 0 Å². The molecule has 6 nitrogen and oxygen atoms in total. The summed E-state index contributed by atoms with van der Waals surface area (Å²) in [6, 6.07) is 0. The first kappa shape index (κ1) is 18.2. The molecule has 0 bridgehead atoms. The highest BCUT2D eigenvalue weighted by atomic mass is 32.2. The molecule has 0 atom stereocenters. The van der Waals surface area contributed by atoms with Crippen molar-refractivity contribution in [3.8, 4) is 0 Å². The fraction of sp³-hybridized carbons (Fsp3) is 0.917. The van der Waals surface area contributed by atoms with E-state index in [2.05, 4.69) is 27.3 Å². The van der Waals surface area contributed by atoms with Crippen molar-refractivity contribution in [3.63, 3.8) is 0 Å². The van der Waals surface area contributed by atoms with Crippen LogP contribution in [0, 0.1) is 0 Å². The monoisotopic (exact) mass is 292 g/mol. The van der Waals surface area contributed by atoms with Gasteiger partial charge in [-0.3, -0.25) is 4.99 Å². The fourth-order valence-corrected chi connectivity index (χ4v) is 1.97. The molecule has 0 spiro atoms. The van der Waals surface area contributed by atoms with Crippen molar-refractivity contribution >= 4 is 16.0 Å². The first-order valence-electron chi connectivity index (χ1n) is 6.96. The van der Waals surface area contributed by atoms with E-state index in [4.69, 9.17) is 0 Å². The number of rotatable bonds is 10. The van der Waals surface area contributed by atoms with Crippen molar-refractivity contribution < 1.29 is 8.42 Å². The van der Waals surface area contributed by atoms with E-state index in [-0.39, 0.29) is 0 Å². The third kappa shape index (κ3) is 13.4. The molecule has 0 saturated heterocycles. The Kier molecular flexibility index (Phi) is 10.6. The van der Waals surface area contributed by atoms with E-state index in [1.165, 1.54) is 12.8 Å². The predicted octanol–water partition coefficient (Wildman–Crippen LogP) is 0.671. The highest BCUT2D eigenvalue weighted by Gasteiger charge is 1.99. The van der Waals surface area contributed by atoms with E-state index in [9.17, 15) is 8.42 Å². The summed E-state index contributed by atoms with van der Waals surface area (Å²) in [5.41, 5.74) is 0. The van der Waals surface area contributed by atoms with Gasteiger partial charge >= 0.3 is 0 Å². The molecule has 0 amide bonds. The van der Waals surface area contributed by atoms with Crippen LogP contribution in [0.25, 0.3) is 0 Å². The van der Waals surface area contributed by atoms with E-state index in [1.807, 2.05) is 6.92 Å². The Balaban J connectivity index is 3.85. The van der Waals surface area contributed by atoms with Crippen LogP contribution in [0.15, 0.2) is 4.99 Å². The van der Waals surface area contributed by atoms with Crippen LogP contribution in [0.3, 0.4) is 0 Å². The molecule has 3 N–H and O–H groups in total. The number of guanidine groups is 1. The molecule has 0 aliphatic heterocycles. The van der Waals surface area contributed by atoms with E-state index in [0.717, 1.165) is 31.7 Å². The predicted molar refractivity (Wildman–Crippen MR) is 81.0 cm³/mol. The third-order valence-corrected chi connectivity index (χ3v) is 3.11. The van der Waals surface area contributed by atoms with E-state index >= 15 is 0 Å². The molecule has 0 heterocycles. The highest BCUT2D eigenvalue weighted by molar-refractivity contribution is 7.88. The molecule has 0 fully saturated rings. The molecular formula is C12H28N4O2S. The van der Waals surface area contributed by atoms with Crippen LogP contribution >= 0.6 is 0 Å². The van der Waals surface area contributed by atoms with Gasteiger partial charge in [0.05, 0.1) is 6.26 Å². The minimum Gasteiger partial charge on any atom is -0.357 e. The maximum absolute atomic E-state index is 10.9. The Bertz CT molecular complexity index is 342. The number of nitrogens with zero attached hydrogens (tertiary/aromatic N) is 1. The first-order chi connectivity index (χ1) is 8.99. The summed E-state index contributed by atoms with van der Waals surface area (Å²) >= 11 is 0. The Morgan fingerprint density at radius 2 is 1.79 bits per heavy atom. The van der Waals surface area contributed by atoms with Gasteiger partial charge in [-0.1, -0.05) is 19.8 Å². The lowest BCUT2D eigenvalue weighted by atomic mass is 10.2. The first-order valence-corrected chi connectivity index (χ1v) is 8.85. The zero-order valence-corrected chi connectivity index (χ0v) is 13.1. The highest BCUT2D eigenvalue weighted by Crippen LogP contribution is 1.91. The van der Waals surface area contributed by atoms with Crippen LogP contribution in [0.4, 0.5) is 0 Å². The van der Waals surface area contributed by atoms with Gasteiger partial charge in [0, 0.05) is 26.2 Å². The fourth-order valence-electron chi connectivity index (χ4n) is 1.45. The van der Waals surface area contributed by atoms with Crippen LogP contribution in [0.2, 0.25) is 0 Å². The number of unbranched alkanes of at least 4 members (excludes halogenated alkanes) is 2.